The molecule has 2 aromatic heterocycles. The molecule has 3 heterocycles. The second-order valence-corrected chi connectivity index (χ2v) is 6.67. The van der Waals surface area contributed by atoms with Gasteiger partial charge in [0.2, 0.25) is 0 Å². The molecule has 144 valence electrons. The van der Waals surface area contributed by atoms with Gasteiger partial charge in [-0.3, -0.25) is 0 Å². The fraction of sp³-hybridized carbons (Fsp3) is 0.368. The van der Waals surface area contributed by atoms with Crippen molar-refractivity contribution in [2.75, 3.05) is 31.2 Å². The number of nitrogens with two attached hydrogens (primary N) is 1. The summed E-state index contributed by atoms with van der Waals surface area (Å²) in [6.07, 6.45) is 3.41. The van der Waals surface area contributed by atoms with Crippen molar-refractivity contribution in [3.05, 3.63) is 47.7 Å². The molecule has 0 radical (unpaired) electrons. The predicted molar refractivity (Wildman–Crippen MR) is 106 cm³/mol. The summed E-state index contributed by atoms with van der Waals surface area (Å²) in [5.74, 6) is -0.283. The van der Waals surface area contributed by atoms with Crippen molar-refractivity contribution in [2.45, 2.75) is 19.9 Å². The zero-order valence-electron chi connectivity index (χ0n) is 15.4. The van der Waals surface area contributed by atoms with Crippen LogP contribution in [0.1, 0.15) is 24.1 Å². The molecule has 1 aliphatic rings. The van der Waals surface area contributed by atoms with Gasteiger partial charge in [-0.2, -0.15) is 5.10 Å². The molecule has 0 aliphatic carbocycles. The molecule has 1 unspecified atom stereocenters. The minimum Gasteiger partial charge on any atom is -0.378 e. The molecule has 0 saturated carbocycles. The van der Waals surface area contributed by atoms with E-state index in [0.717, 1.165) is 29.9 Å². The van der Waals surface area contributed by atoms with Crippen molar-refractivity contribution in [1.29, 1.82) is 0 Å². The first-order valence-corrected chi connectivity index (χ1v) is 8.77. The maximum Gasteiger partial charge on any atom is 0.137 e. The van der Waals surface area contributed by atoms with E-state index in [4.69, 9.17) is 10.5 Å². The fourth-order valence-corrected chi connectivity index (χ4v) is 3.49. The Balaban J connectivity index is 0.00000210. The molecular weight excluding hydrogens is 369 g/mol. The number of benzene rings is 1. The van der Waals surface area contributed by atoms with Crippen molar-refractivity contribution >= 4 is 23.6 Å². The molecule has 1 fully saturated rings. The lowest BCUT2D eigenvalue weighted by Crippen LogP contribution is -2.35. The molecular formula is C19H23ClFN5O. The third-order valence-electron chi connectivity index (χ3n) is 4.94. The summed E-state index contributed by atoms with van der Waals surface area (Å²) in [6.45, 7) is 6.68. The Hall–Kier alpha value is -2.22. The van der Waals surface area contributed by atoms with Crippen LogP contribution in [0.5, 0.6) is 0 Å². The third kappa shape index (κ3) is 3.50. The van der Waals surface area contributed by atoms with Gasteiger partial charge in [-0.1, -0.05) is 6.07 Å². The average Bonchev–Trinajstić information content (AvgIpc) is 3.09. The van der Waals surface area contributed by atoms with Gasteiger partial charge in [0.1, 0.15) is 17.8 Å². The topological polar surface area (TPSA) is 68.7 Å². The molecule has 1 saturated heterocycles. The molecule has 6 nitrogen and oxygen atoms in total. The van der Waals surface area contributed by atoms with Gasteiger partial charge in [-0.15, -0.1) is 12.4 Å². The zero-order valence-corrected chi connectivity index (χ0v) is 16.2. The van der Waals surface area contributed by atoms with Crippen molar-refractivity contribution in [2.24, 2.45) is 5.73 Å². The SMILES string of the molecule is Cc1c(C(C)N)ccc(-c2ncnn3cc(N4CCOCC4)cc23)c1F.Cl. The number of nitrogens with zero attached hydrogens (tertiary/aromatic N) is 4. The summed E-state index contributed by atoms with van der Waals surface area (Å²) in [4.78, 5) is 6.60. The van der Waals surface area contributed by atoms with Gasteiger partial charge in [0.15, 0.2) is 0 Å². The van der Waals surface area contributed by atoms with E-state index in [0.29, 0.717) is 30.0 Å². The Labute approximate surface area is 163 Å². The van der Waals surface area contributed by atoms with Gasteiger partial charge < -0.3 is 15.4 Å². The largest absolute Gasteiger partial charge is 0.378 e. The normalized spacial score (nSPS) is 15.6. The third-order valence-corrected chi connectivity index (χ3v) is 4.94. The number of hydrogen-bond acceptors (Lipinski definition) is 5. The quantitative estimate of drug-likeness (QED) is 0.742. The molecule has 0 bridgehead atoms. The van der Waals surface area contributed by atoms with Crippen molar-refractivity contribution < 1.29 is 9.13 Å². The van der Waals surface area contributed by atoms with Crippen LogP contribution in [0.4, 0.5) is 10.1 Å². The van der Waals surface area contributed by atoms with Gasteiger partial charge in [-0.05, 0) is 37.1 Å². The number of fused-ring (bicyclic) bond motifs is 1. The molecule has 4 rings (SSSR count). The van der Waals surface area contributed by atoms with Crippen LogP contribution < -0.4 is 10.6 Å². The van der Waals surface area contributed by atoms with E-state index in [1.54, 1.807) is 17.5 Å². The number of anilines is 1. The van der Waals surface area contributed by atoms with Crippen LogP contribution in [0.25, 0.3) is 16.8 Å². The van der Waals surface area contributed by atoms with Gasteiger partial charge in [0.05, 0.1) is 30.6 Å². The lowest BCUT2D eigenvalue weighted by atomic mass is 9.98. The van der Waals surface area contributed by atoms with Crippen LogP contribution in [0.15, 0.2) is 30.7 Å². The second-order valence-electron chi connectivity index (χ2n) is 6.67. The number of hydrogen-bond donors (Lipinski definition) is 1. The minimum absolute atomic E-state index is 0. The number of ether oxygens (including phenoxy) is 1. The van der Waals surface area contributed by atoms with Gasteiger partial charge in [0, 0.05) is 24.7 Å². The Morgan fingerprint density at radius 2 is 2.00 bits per heavy atom. The van der Waals surface area contributed by atoms with Gasteiger partial charge in [0.25, 0.3) is 0 Å². The highest BCUT2D eigenvalue weighted by atomic mass is 35.5. The van der Waals surface area contributed by atoms with Crippen molar-refractivity contribution in [3.63, 3.8) is 0 Å². The summed E-state index contributed by atoms with van der Waals surface area (Å²) >= 11 is 0. The fourth-order valence-electron chi connectivity index (χ4n) is 3.49. The van der Waals surface area contributed by atoms with E-state index in [1.165, 1.54) is 6.33 Å². The molecule has 3 aromatic rings. The second kappa shape index (κ2) is 7.80. The first kappa shape index (κ1) is 19.5. The summed E-state index contributed by atoms with van der Waals surface area (Å²) in [7, 11) is 0. The number of aromatic nitrogens is 3. The molecule has 2 N–H and O–H groups in total. The van der Waals surface area contributed by atoms with E-state index in [1.807, 2.05) is 25.3 Å². The van der Waals surface area contributed by atoms with Crippen LogP contribution in [-0.2, 0) is 4.74 Å². The molecule has 1 aliphatic heterocycles. The van der Waals surface area contributed by atoms with Crippen molar-refractivity contribution in [3.8, 4) is 11.3 Å². The molecule has 1 aromatic carbocycles. The summed E-state index contributed by atoms with van der Waals surface area (Å²) in [5, 5.41) is 4.29. The Morgan fingerprint density at radius 1 is 1.26 bits per heavy atom. The Kier molecular flexibility index (Phi) is 5.64. The lowest BCUT2D eigenvalue weighted by Gasteiger charge is -2.27. The van der Waals surface area contributed by atoms with E-state index in [-0.39, 0.29) is 24.3 Å². The maximum atomic E-state index is 15.0. The maximum absolute atomic E-state index is 15.0. The highest BCUT2D eigenvalue weighted by Crippen LogP contribution is 2.32. The van der Waals surface area contributed by atoms with Crippen molar-refractivity contribution in [1.82, 2.24) is 14.6 Å². The molecule has 0 amide bonds. The highest BCUT2D eigenvalue weighted by molar-refractivity contribution is 5.85. The monoisotopic (exact) mass is 391 g/mol. The molecule has 27 heavy (non-hydrogen) atoms. The molecule has 8 heteroatoms. The van der Waals surface area contributed by atoms with Gasteiger partial charge >= 0.3 is 0 Å². The van der Waals surface area contributed by atoms with Crippen LogP contribution in [0.3, 0.4) is 0 Å². The Bertz CT molecular complexity index is 953. The van der Waals surface area contributed by atoms with Crippen LogP contribution in [0.2, 0.25) is 0 Å². The van der Waals surface area contributed by atoms with E-state index >= 15 is 4.39 Å². The predicted octanol–water partition coefficient (Wildman–Crippen LogP) is 3.12. The summed E-state index contributed by atoms with van der Waals surface area (Å²) in [5.41, 5.74) is 10.2. The molecule has 1 atom stereocenters. The number of morpholine rings is 1. The van der Waals surface area contributed by atoms with Crippen LogP contribution in [-0.4, -0.2) is 40.9 Å². The average molecular weight is 392 g/mol. The van der Waals surface area contributed by atoms with Crippen LogP contribution >= 0.6 is 12.4 Å². The lowest BCUT2D eigenvalue weighted by molar-refractivity contribution is 0.122. The number of halogens is 2. The van der Waals surface area contributed by atoms with Gasteiger partial charge in [-0.25, -0.2) is 13.9 Å². The van der Waals surface area contributed by atoms with E-state index in [2.05, 4.69) is 15.0 Å². The standard InChI is InChI=1S/C19H22FN5O.ClH/c1-12-15(13(2)21)3-4-16(18(12)20)19-17-9-14(10-25(17)23-11-22-19)24-5-7-26-8-6-24;/h3-4,9-11,13H,5-8,21H2,1-2H3;1H. The number of rotatable bonds is 3. The van der Waals surface area contributed by atoms with Crippen LogP contribution in [0, 0.1) is 12.7 Å². The first-order valence-electron chi connectivity index (χ1n) is 8.77. The first-order chi connectivity index (χ1) is 12.6. The Morgan fingerprint density at radius 3 is 2.70 bits per heavy atom. The minimum atomic E-state index is -0.283. The van der Waals surface area contributed by atoms with E-state index in [9.17, 15) is 0 Å². The summed E-state index contributed by atoms with van der Waals surface area (Å²) < 4.78 is 22.2. The molecule has 0 spiro atoms. The van der Waals surface area contributed by atoms with E-state index < -0.39 is 0 Å². The smallest absolute Gasteiger partial charge is 0.137 e. The summed E-state index contributed by atoms with van der Waals surface area (Å²) in [6, 6.07) is 5.42. The zero-order chi connectivity index (χ0) is 18.3. The highest BCUT2D eigenvalue weighted by Gasteiger charge is 2.19.